The summed E-state index contributed by atoms with van der Waals surface area (Å²) in [5, 5.41) is 10.8. The zero-order valence-corrected chi connectivity index (χ0v) is 10.9. The monoisotopic (exact) mass is 280 g/mol. The predicted octanol–water partition coefficient (Wildman–Crippen LogP) is 1.84. The summed E-state index contributed by atoms with van der Waals surface area (Å²) in [6.07, 6.45) is 0. The number of carboxylic acid groups (broad SMARTS) is 1. The molecular weight excluding hydrogens is 268 g/mol. The highest BCUT2D eigenvalue weighted by Gasteiger charge is 2.38. The van der Waals surface area contributed by atoms with Gasteiger partial charge in [-0.05, 0) is 43.0 Å². The number of carbonyl (C=O) groups excluding carboxylic acids is 2. The number of rotatable bonds is 4. The second-order valence-electron chi connectivity index (χ2n) is 3.87. The Morgan fingerprint density at radius 3 is 2.47 bits per heavy atom. The molecule has 0 unspecified atom stereocenters. The van der Waals surface area contributed by atoms with Crippen LogP contribution in [0.4, 0.5) is 10.5 Å². The lowest BCUT2D eigenvalue weighted by Crippen LogP contribution is -2.34. The van der Waals surface area contributed by atoms with Crippen molar-refractivity contribution in [3.63, 3.8) is 0 Å². The molecule has 0 spiro atoms. The van der Waals surface area contributed by atoms with Crippen molar-refractivity contribution >= 4 is 34.6 Å². The lowest BCUT2D eigenvalue weighted by Gasteiger charge is -2.12. The number of carbonyl (C=O) groups is 3. The molecule has 1 fully saturated rings. The third-order valence-electron chi connectivity index (χ3n) is 2.68. The molecule has 7 heteroatoms. The van der Waals surface area contributed by atoms with E-state index < -0.39 is 11.3 Å². The molecule has 1 aromatic carbocycles. The predicted molar refractivity (Wildman–Crippen MR) is 71.2 cm³/mol. The molecule has 0 saturated carbocycles. The Kier molecular flexibility index (Phi) is 3.75. The number of amides is 2. The number of anilines is 1. The van der Waals surface area contributed by atoms with Gasteiger partial charge in [0.05, 0.1) is 5.56 Å². The first-order valence-corrected chi connectivity index (χ1v) is 6.52. The minimum absolute atomic E-state index is 0.169. The van der Waals surface area contributed by atoms with Crippen molar-refractivity contribution in [1.82, 2.24) is 4.90 Å². The van der Waals surface area contributed by atoms with Crippen LogP contribution >= 0.6 is 11.8 Å². The summed E-state index contributed by atoms with van der Waals surface area (Å²) in [5.41, 5.74) is 0.767. The lowest BCUT2D eigenvalue weighted by atomic mass is 10.2. The third kappa shape index (κ3) is 2.70. The number of likely N-dealkylation sites (N-methyl/N-ethyl adjacent to an activating group) is 1. The second kappa shape index (κ2) is 5.31. The first-order chi connectivity index (χ1) is 9.02. The number of imide groups is 1. The SMILES string of the molecule is CCN1C(=O)S[C@H](Nc2ccc(C(=O)O)cc2)C1=O. The van der Waals surface area contributed by atoms with Crippen molar-refractivity contribution in [2.75, 3.05) is 11.9 Å². The van der Waals surface area contributed by atoms with E-state index in [1.54, 1.807) is 19.1 Å². The summed E-state index contributed by atoms with van der Waals surface area (Å²) in [6, 6.07) is 6.01. The van der Waals surface area contributed by atoms with Crippen LogP contribution in [0, 0.1) is 0 Å². The van der Waals surface area contributed by atoms with Gasteiger partial charge in [0, 0.05) is 12.2 Å². The molecule has 1 aliphatic rings. The van der Waals surface area contributed by atoms with E-state index in [2.05, 4.69) is 5.32 Å². The smallest absolute Gasteiger partial charge is 0.335 e. The Labute approximate surface area is 113 Å². The molecule has 19 heavy (non-hydrogen) atoms. The summed E-state index contributed by atoms with van der Waals surface area (Å²) in [7, 11) is 0. The van der Waals surface area contributed by atoms with Crippen molar-refractivity contribution in [3.8, 4) is 0 Å². The average molecular weight is 280 g/mol. The number of benzene rings is 1. The van der Waals surface area contributed by atoms with Crippen molar-refractivity contribution in [2.45, 2.75) is 12.3 Å². The van der Waals surface area contributed by atoms with Gasteiger partial charge in [0.25, 0.3) is 11.1 Å². The first-order valence-electron chi connectivity index (χ1n) is 5.65. The van der Waals surface area contributed by atoms with Crippen LogP contribution in [-0.2, 0) is 4.79 Å². The molecular formula is C12H12N2O4S. The molecule has 0 aliphatic carbocycles. The molecule has 6 nitrogen and oxygen atoms in total. The van der Waals surface area contributed by atoms with Gasteiger partial charge in [-0.3, -0.25) is 14.5 Å². The van der Waals surface area contributed by atoms with E-state index in [0.29, 0.717) is 12.2 Å². The fraction of sp³-hybridized carbons (Fsp3) is 0.250. The topological polar surface area (TPSA) is 86.7 Å². The maximum atomic E-state index is 11.9. The highest BCUT2D eigenvalue weighted by atomic mass is 32.2. The zero-order valence-electron chi connectivity index (χ0n) is 10.1. The van der Waals surface area contributed by atoms with Crippen molar-refractivity contribution in [3.05, 3.63) is 29.8 Å². The summed E-state index contributed by atoms with van der Waals surface area (Å²) in [4.78, 5) is 35.2. The van der Waals surface area contributed by atoms with E-state index >= 15 is 0 Å². The van der Waals surface area contributed by atoms with E-state index in [-0.39, 0.29) is 16.7 Å². The van der Waals surface area contributed by atoms with Crippen LogP contribution in [0.2, 0.25) is 0 Å². The van der Waals surface area contributed by atoms with Crippen molar-refractivity contribution in [1.29, 1.82) is 0 Å². The maximum Gasteiger partial charge on any atom is 0.335 e. The number of carboxylic acids is 1. The van der Waals surface area contributed by atoms with Gasteiger partial charge in [0.2, 0.25) is 0 Å². The largest absolute Gasteiger partial charge is 0.478 e. The quantitative estimate of drug-likeness (QED) is 0.875. The second-order valence-corrected chi connectivity index (χ2v) is 4.93. The summed E-state index contributed by atoms with van der Waals surface area (Å²) >= 11 is 0.922. The molecule has 1 aromatic rings. The summed E-state index contributed by atoms with van der Waals surface area (Å²) in [5.74, 6) is -1.29. The Bertz CT molecular complexity index is 529. The summed E-state index contributed by atoms with van der Waals surface area (Å²) < 4.78 is 0. The first kappa shape index (κ1) is 13.4. The molecule has 0 aromatic heterocycles. The third-order valence-corrected chi connectivity index (χ3v) is 3.65. The van der Waals surface area contributed by atoms with Crippen LogP contribution in [0.1, 0.15) is 17.3 Å². The van der Waals surface area contributed by atoms with Gasteiger partial charge in [-0.2, -0.15) is 0 Å². The summed E-state index contributed by atoms with van der Waals surface area (Å²) in [6.45, 7) is 2.08. The Morgan fingerprint density at radius 2 is 2.00 bits per heavy atom. The molecule has 1 atom stereocenters. The molecule has 1 aliphatic heterocycles. The highest BCUT2D eigenvalue weighted by Crippen LogP contribution is 2.27. The number of aromatic carboxylic acids is 1. The van der Waals surface area contributed by atoms with Crippen LogP contribution in [-0.4, -0.2) is 39.0 Å². The van der Waals surface area contributed by atoms with Gasteiger partial charge >= 0.3 is 5.97 Å². The molecule has 0 bridgehead atoms. The van der Waals surface area contributed by atoms with E-state index in [4.69, 9.17) is 5.11 Å². The van der Waals surface area contributed by atoms with Gasteiger partial charge in [0.15, 0.2) is 5.37 Å². The average Bonchev–Trinajstić information content (AvgIpc) is 2.64. The fourth-order valence-electron chi connectivity index (χ4n) is 1.68. The van der Waals surface area contributed by atoms with E-state index in [1.807, 2.05) is 0 Å². The molecule has 2 rings (SSSR count). The number of thioether (sulfide) groups is 1. The standard InChI is InChI=1S/C12H12N2O4S/c1-2-14-10(15)9(19-12(14)18)13-8-5-3-7(4-6-8)11(16)17/h3-6,9,13H,2H2,1H3,(H,16,17)/t9-/m0/s1. The van der Waals surface area contributed by atoms with Gasteiger partial charge in [-0.15, -0.1) is 0 Å². The van der Waals surface area contributed by atoms with E-state index in [1.165, 1.54) is 17.0 Å². The molecule has 1 saturated heterocycles. The van der Waals surface area contributed by atoms with Crippen LogP contribution in [0.15, 0.2) is 24.3 Å². The van der Waals surface area contributed by atoms with Crippen LogP contribution < -0.4 is 5.32 Å². The molecule has 2 N–H and O–H groups in total. The highest BCUT2D eigenvalue weighted by molar-refractivity contribution is 8.15. The lowest BCUT2D eigenvalue weighted by molar-refractivity contribution is -0.126. The van der Waals surface area contributed by atoms with Crippen LogP contribution in [0.5, 0.6) is 0 Å². The molecule has 100 valence electrons. The minimum Gasteiger partial charge on any atom is -0.478 e. The number of nitrogens with one attached hydrogen (secondary N) is 1. The van der Waals surface area contributed by atoms with Gasteiger partial charge in [-0.25, -0.2) is 4.79 Å². The van der Waals surface area contributed by atoms with Crippen LogP contribution in [0.25, 0.3) is 0 Å². The van der Waals surface area contributed by atoms with Crippen molar-refractivity contribution < 1.29 is 19.5 Å². The maximum absolute atomic E-state index is 11.9. The van der Waals surface area contributed by atoms with Gasteiger partial charge in [0.1, 0.15) is 0 Å². The minimum atomic E-state index is -1.01. The molecule has 1 heterocycles. The van der Waals surface area contributed by atoms with Crippen LogP contribution in [0.3, 0.4) is 0 Å². The Hall–Kier alpha value is -2.02. The van der Waals surface area contributed by atoms with E-state index in [0.717, 1.165) is 11.8 Å². The molecule has 2 amide bonds. The zero-order chi connectivity index (χ0) is 14.0. The number of hydrogen-bond donors (Lipinski definition) is 2. The fourth-order valence-corrected chi connectivity index (χ4v) is 2.65. The number of nitrogens with zero attached hydrogens (tertiary/aromatic N) is 1. The van der Waals surface area contributed by atoms with Crippen molar-refractivity contribution in [2.24, 2.45) is 0 Å². The number of hydrogen-bond acceptors (Lipinski definition) is 5. The van der Waals surface area contributed by atoms with E-state index in [9.17, 15) is 14.4 Å². The van der Waals surface area contributed by atoms with Gasteiger partial charge < -0.3 is 10.4 Å². The molecule has 0 radical (unpaired) electrons. The Balaban J connectivity index is 2.08. The Morgan fingerprint density at radius 1 is 1.37 bits per heavy atom. The van der Waals surface area contributed by atoms with Gasteiger partial charge in [-0.1, -0.05) is 0 Å². The normalized spacial score (nSPS) is 18.8.